The third-order valence-electron chi connectivity index (χ3n) is 4.82. The fourth-order valence-electron chi connectivity index (χ4n) is 3.64. The van der Waals surface area contributed by atoms with Crippen molar-refractivity contribution in [1.82, 2.24) is 5.32 Å². The topological polar surface area (TPSA) is 39.7 Å². The minimum Gasteiger partial charge on any atom is -0.454 e. The van der Waals surface area contributed by atoms with Crippen LogP contribution in [-0.2, 0) is 10.2 Å². The number of hydrogen-bond donors (Lipinski definition) is 1. The number of ether oxygens (including phenoxy) is 3. The number of rotatable bonds is 2. The van der Waals surface area contributed by atoms with Gasteiger partial charge < -0.3 is 19.5 Å². The molecule has 0 aliphatic carbocycles. The highest BCUT2D eigenvalue weighted by Crippen LogP contribution is 2.47. The zero-order valence-electron chi connectivity index (χ0n) is 11.2. The number of aryl methyl sites for hydroxylation is 1. The van der Waals surface area contributed by atoms with Crippen LogP contribution in [-0.4, -0.2) is 33.1 Å². The molecule has 3 aliphatic heterocycles. The van der Waals surface area contributed by atoms with Crippen molar-refractivity contribution < 1.29 is 14.2 Å². The van der Waals surface area contributed by atoms with Crippen molar-refractivity contribution in [2.24, 2.45) is 5.92 Å². The Morgan fingerprint density at radius 1 is 1.21 bits per heavy atom. The van der Waals surface area contributed by atoms with Crippen LogP contribution in [0.5, 0.6) is 11.5 Å². The molecule has 0 amide bonds. The molecule has 1 aromatic rings. The van der Waals surface area contributed by atoms with Crippen molar-refractivity contribution in [3.05, 3.63) is 23.3 Å². The molecule has 4 rings (SSSR count). The fourth-order valence-corrected chi connectivity index (χ4v) is 3.64. The van der Waals surface area contributed by atoms with Crippen molar-refractivity contribution in [3.8, 4) is 11.5 Å². The molecule has 0 aromatic heterocycles. The van der Waals surface area contributed by atoms with E-state index in [1.165, 1.54) is 17.5 Å². The summed E-state index contributed by atoms with van der Waals surface area (Å²) in [7, 11) is 0. The number of hydrogen-bond acceptors (Lipinski definition) is 4. The smallest absolute Gasteiger partial charge is 0.231 e. The summed E-state index contributed by atoms with van der Waals surface area (Å²) in [5, 5.41) is 3.48. The molecule has 3 heterocycles. The third-order valence-corrected chi connectivity index (χ3v) is 4.82. The van der Waals surface area contributed by atoms with Crippen LogP contribution in [0.1, 0.15) is 17.5 Å². The molecule has 1 aromatic carbocycles. The summed E-state index contributed by atoms with van der Waals surface area (Å²) in [4.78, 5) is 0. The van der Waals surface area contributed by atoms with Crippen molar-refractivity contribution in [3.63, 3.8) is 0 Å². The average Bonchev–Trinajstić information content (AvgIpc) is 2.98. The maximum atomic E-state index is 5.58. The Balaban J connectivity index is 1.77. The standard InChI is InChI=1S/C15H19NO3/c1-10-4-13-14(19-9-18-13)5-12(10)15(7-17-8-15)11-2-3-16-6-11/h4-5,11,16H,2-3,6-9H2,1H3. The van der Waals surface area contributed by atoms with Gasteiger partial charge in [-0.25, -0.2) is 0 Å². The first-order valence-corrected chi connectivity index (χ1v) is 6.99. The highest BCUT2D eigenvalue weighted by molar-refractivity contribution is 5.51. The lowest BCUT2D eigenvalue weighted by Crippen LogP contribution is -2.53. The zero-order valence-corrected chi connectivity index (χ0v) is 11.2. The van der Waals surface area contributed by atoms with E-state index in [0.717, 1.165) is 37.8 Å². The molecule has 3 aliphatic rings. The quantitative estimate of drug-likeness (QED) is 0.878. The third kappa shape index (κ3) is 1.60. The summed E-state index contributed by atoms with van der Waals surface area (Å²) in [6, 6.07) is 4.29. The Morgan fingerprint density at radius 3 is 2.63 bits per heavy atom. The van der Waals surface area contributed by atoms with Crippen LogP contribution in [0.4, 0.5) is 0 Å². The van der Waals surface area contributed by atoms with E-state index in [2.05, 4.69) is 24.4 Å². The van der Waals surface area contributed by atoms with E-state index in [1.54, 1.807) is 0 Å². The molecule has 1 N–H and O–H groups in total. The minimum absolute atomic E-state index is 0.175. The summed E-state index contributed by atoms with van der Waals surface area (Å²) in [6.07, 6.45) is 1.23. The van der Waals surface area contributed by atoms with Crippen molar-refractivity contribution in [2.45, 2.75) is 18.8 Å². The molecule has 1 atom stereocenters. The van der Waals surface area contributed by atoms with Crippen LogP contribution in [0.25, 0.3) is 0 Å². The predicted molar refractivity (Wildman–Crippen MR) is 70.8 cm³/mol. The fraction of sp³-hybridized carbons (Fsp3) is 0.600. The highest BCUT2D eigenvalue weighted by Gasteiger charge is 2.49. The Labute approximate surface area is 113 Å². The van der Waals surface area contributed by atoms with Crippen LogP contribution in [0.15, 0.2) is 12.1 Å². The highest BCUT2D eigenvalue weighted by atomic mass is 16.7. The van der Waals surface area contributed by atoms with Crippen LogP contribution in [0, 0.1) is 12.8 Å². The van der Waals surface area contributed by atoms with Gasteiger partial charge in [-0.3, -0.25) is 0 Å². The van der Waals surface area contributed by atoms with E-state index in [9.17, 15) is 0 Å². The lowest BCUT2D eigenvalue weighted by Gasteiger charge is -2.47. The molecule has 0 spiro atoms. The molecule has 19 heavy (non-hydrogen) atoms. The van der Waals surface area contributed by atoms with Crippen molar-refractivity contribution in [2.75, 3.05) is 33.1 Å². The second-order valence-electron chi connectivity index (χ2n) is 5.86. The lowest BCUT2D eigenvalue weighted by molar-refractivity contribution is -0.0872. The first-order chi connectivity index (χ1) is 9.29. The van der Waals surface area contributed by atoms with E-state index in [1.807, 2.05) is 0 Å². The maximum absolute atomic E-state index is 5.58. The number of nitrogens with one attached hydrogen (secondary N) is 1. The molecule has 4 heteroatoms. The summed E-state index contributed by atoms with van der Waals surface area (Å²) in [5.74, 6) is 2.43. The van der Waals surface area contributed by atoms with Crippen LogP contribution >= 0.6 is 0 Å². The first kappa shape index (κ1) is 11.6. The summed E-state index contributed by atoms with van der Waals surface area (Å²) < 4.78 is 16.6. The molecule has 2 fully saturated rings. The molecule has 0 radical (unpaired) electrons. The minimum atomic E-state index is 0.175. The Morgan fingerprint density at radius 2 is 2.00 bits per heavy atom. The zero-order chi connectivity index (χ0) is 12.9. The molecule has 0 bridgehead atoms. The molecule has 1 unspecified atom stereocenters. The summed E-state index contributed by atoms with van der Waals surface area (Å²) >= 11 is 0. The van der Waals surface area contributed by atoms with Crippen molar-refractivity contribution in [1.29, 1.82) is 0 Å². The Bertz CT molecular complexity index is 504. The van der Waals surface area contributed by atoms with Gasteiger partial charge >= 0.3 is 0 Å². The van der Waals surface area contributed by atoms with Crippen LogP contribution in [0.3, 0.4) is 0 Å². The van der Waals surface area contributed by atoms with E-state index in [4.69, 9.17) is 14.2 Å². The first-order valence-electron chi connectivity index (χ1n) is 6.99. The normalized spacial score (nSPS) is 27.3. The Kier molecular flexibility index (Phi) is 2.50. The number of benzene rings is 1. The van der Waals surface area contributed by atoms with Gasteiger partial charge in [-0.15, -0.1) is 0 Å². The lowest BCUT2D eigenvalue weighted by atomic mass is 9.67. The van der Waals surface area contributed by atoms with Crippen LogP contribution in [0.2, 0.25) is 0 Å². The van der Waals surface area contributed by atoms with Gasteiger partial charge in [-0.1, -0.05) is 0 Å². The van der Waals surface area contributed by atoms with E-state index < -0.39 is 0 Å². The molecule has 102 valence electrons. The van der Waals surface area contributed by atoms with Gasteiger partial charge in [-0.2, -0.15) is 0 Å². The summed E-state index contributed by atoms with van der Waals surface area (Å²) in [5.41, 5.74) is 2.85. The van der Waals surface area contributed by atoms with E-state index >= 15 is 0 Å². The molecule has 4 nitrogen and oxygen atoms in total. The Hall–Kier alpha value is -1.26. The predicted octanol–water partition coefficient (Wildman–Crippen LogP) is 1.60. The van der Waals surface area contributed by atoms with Crippen LogP contribution < -0.4 is 14.8 Å². The second kappa shape index (κ2) is 4.12. The molecule has 0 saturated carbocycles. The van der Waals surface area contributed by atoms with Gasteiger partial charge in [0, 0.05) is 5.41 Å². The van der Waals surface area contributed by atoms with Gasteiger partial charge in [0.15, 0.2) is 11.5 Å². The molecular weight excluding hydrogens is 242 g/mol. The molecular formula is C15H19NO3. The average molecular weight is 261 g/mol. The van der Waals surface area contributed by atoms with Crippen molar-refractivity contribution >= 4 is 0 Å². The van der Waals surface area contributed by atoms with Gasteiger partial charge in [0.05, 0.1) is 13.2 Å². The monoisotopic (exact) mass is 261 g/mol. The van der Waals surface area contributed by atoms with Gasteiger partial charge in [0.1, 0.15) is 0 Å². The van der Waals surface area contributed by atoms with Gasteiger partial charge in [0.25, 0.3) is 0 Å². The van der Waals surface area contributed by atoms with E-state index in [0.29, 0.717) is 12.7 Å². The largest absolute Gasteiger partial charge is 0.454 e. The SMILES string of the molecule is Cc1cc2c(cc1C1(C3CCNC3)COC1)OCO2. The number of fused-ring (bicyclic) bond motifs is 1. The maximum Gasteiger partial charge on any atom is 0.231 e. The summed E-state index contributed by atoms with van der Waals surface area (Å²) in [6.45, 7) is 6.39. The van der Waals surface area contributed by atoms with Gasteiger partial charge in [0.2, 0.25) is 6.79 Å². The van der Waals surface area contributed by atoms with E-state index in [-0.39, 0.29) is 5.41 Å². The molecule has 2 saturated heterocycles. The second-order valence-corrected chi connectivity index (χ2v) is 5.86. The van der Waals surface area contributed by atoms with Gasteiger partial charge in [-0.05, 0) is 55.6 Å².